The maximum absolute atomic E-state index is 8.69. The molecule has 1 atom stereocenters. The Hall–Kier alpha value is -1.73. The molecule has 0 amide bonds. The topological polar surface area (TPSA) is 54.3 Å². The molecule has 98 valence electrons. The third-order valence-electron chi connectivity index (χ3n) is 3.04. The predicted octanol–water partition coefficient (Wildman–Crippen LogP) is 2.58. The van der Waals surface area contributed by atoms with Crippen LogP contribution in [0.15, 0.2) is 12.1 Å². The molecule has 0 aromatic heterocycles. The highest BCUT2D eigenvalue weighted by atomic mass is 16.5. The summed E-state index contributed by atoms with van der Waals surface area (Å²) in [5.74, 6) is 1.45. The molecule has 1 aromatic rings. The Morgan fingerprint density at radius 3 is 2.39 bits per heavy atom. The van der Waals surface area contributed by atoms with E-state index in [4.69, 9.17) is 14.7 Å². The average Bonchev–Trinajstić information content (AvgIpc) is 2.40. The van der Waals surface area contributed by atoms with Gasteiger partial charge in [0, 0.05) is 12.5 Å². The minimum Gasteiger partial charge on any atom is -0.493 e. The fourth-order valence-corrected chi connectivity index (χ4v) is 2.04. The number of nitrogens with one attached hydrogen (secondary N) is 1. The third-order valence-corrected chi connectivity index (χ3v) is 3.04. The smallest absolute Gasteiger partial charge is 0.161 e. The number of nitrogens with zero attached hydrogens (tertiary/aromatic N) is 1. The van der Waals surface area contributed by atoms with Crippen molar-refractivity contribution >= 4 is 0 Å². The Labute approximate surface area is 109 Å². The molecule has 1 N–H and O–H groups in total. The van der Waals surface area contributed by atoms with Gasteiger partial charge in [-0.15, -0.1) is 0 Å². The largest absolute Gasteiger partial charge is 0.493 e. The Morgan fingerprint density at radius 2 is 1.89 bits per heavy atom. The quantitative estimate of drug-likeness (QED) is 0.840. The summed E-state index contributed by atoms with van der Waals surface area (Å²) >= 11 is 0. The van der Waals surface area contributed by atoms with Gasteiger partial charge < -0.3 is 14.8 Å². The molecule has 0 spiro atoms. The van der Waals surface area contributed by atoms with Gasteiger partial charge >= 0.3 is 0 Å². The SMILES string of the molecule is CNC(CCC#N)c1cc(OC)c(OC)cc1C. The van der Waals surface area contributed by atoms with Gasteiger partial charge in [0.1, 0.15) is 0 Å². The first kappa shape index (κ1) is 14.3. The first-order valence-electron chi connectivity index (χ1n) is 5.94. The summed E-state index contributed by atoms with van der Waals surface area (Å²) in [5.41, 5.74) is 2.27. The molecule has 0 saturated heterocycles. The minimum absolute atomic E-state index is 0.157. The van der Waals surface area contributed by atoms with E-state index in [1.165, 1.54) is 0 Å². The molecular weight excluding hydrogens is 228 g/mol. The van der Waals surface area contributed by atoms with Gasteiger partial charge in [0.25, 0.3) is 0 Å². The summed E-state index contributed by atoms with van der Waals surface area (Å²) in [6, 6.07) is 6.28. The molecular formula is C14H20N2O2. The molecule has 1 rings (SSSR count). The summed E-state index contributed by atoms with van der Waals surface area (Å²) in [7, 11) is 5.15. The highest BCUT2D eigenvalue weighted by Crippen LogP contribution is 2.33. The lowest BCUT2D eigenvalue weighted by Crippen LogP contribution is -2.17. The number of hydrogen-bond donors (Lipinski definition) is 1. The second-order valence-corrected chi connectivity index (χ2v) is 4.10. The van der Waals surface area contributed by atoms with E-state index in [-0.39, 0.29) is 6.04 Å². The Kier molecular flexibility index (Phi) is 5.47. The number of aryl methyl sites for hydroxylation is 1. The van der Waals surface area contributed by atoms with Crippen molar-refractivity contribution in [1.29, 1.82) is 5.26 Å². The molecule has 0 aliphatic rings. The molecule has 1 aromatic carbocycles. The highest BCUT2D eigenvalue weighted by molar-refractivity contribution is 5.48. The van der Waals surface area contributed by atoms with Gasteiger partial charge in [-0.1, -0.05) is 0 Å². The molecule has 0 bridgehead atoms. The molecule has 0 aliphatic carbocycles. The molecule has 0 radical (unpaired) electrons. The maximum atomic E-state index is 8.69. The lowest BCUT2D eigenvalue weighted by Gasteiger charge is -2.20. The molecule has 1 unspecified atom stereocenters. The van der Waals surface area contributed by atoms with E-state index >= 15 is 0 Å². The van der Waals surface area contributed by atoms with Crippen molar-refractivity contribution in [3.8, 4) is 17.6 Å². The normalized spacial score (nSPS) is 11.7. The fourth-order valence-electron chi connectivity index (χ4n) is 2.04. The van der Waals surface area contributed by atoms with E-state index in [1.807, 2.05) is 26.1 Å². The first-order valence-corrected chi connectivity index (χ1v) is 5.94. The summed E-state index contributed by atoms with van der Waals surface area (Å²) < 4.78 is 10.6. The zero-order chi connectivity index (χ0) is 13.5. The standard InChI is InChI=1S/C14H20N2O2/c1-10-8-13(17-3)14(18-4)9-11(10)12(16-2)6-5-7-15/h8-9,12,16H,5-6H2,1-4H3. The van der Waals surface area contributed by atoms with Gasteiger partial charge in [0.05, 0.1) is 20.3 Å². The van der Waals surface area contributed by atoms with Crippen molar-refractivity contribution in [1.82, 2.24) is 5.32 Å². The summed E-state index contributed by atoms with van der Waals surface area (Å²) in [4.78, 5) is 0. The van der Waals surface area contributed by atoms with Gasteiger partial charge in [-0.2, -0.15) is 5.26 Å². The van der Waals surface area contributed by atoms with Gasteiger partial charge in [0.15, 0.2) is 11.5 Å². The minimum atomic E-state index is 0.157. The number of rotatable bonds is 6. The van der Waals surface area contributed by atoms with Crippen LogP contribution in [-0.4, -0.2) is 21.3 Å². The monoisotopic (exact) mass is 248 g/mol. The number of benzene rings is 1. The second kappa shape index (κ2) is 6.87. The van der Waals surface area contributed by atoms with E-state index in [9.17, 15) is 0 Å². The van der Waals surface area contributed by atoms with Crippen LogP contribution in [0.1, 0.15) is 30.0 Å². The summed E-state index contributed by atoms with van der Waals surface area (Å²) in [6.45, 7) is 2.04. The van der Waals surface area contributed by atoms with Crippen molar-refractivity contribution in [2.75, 3.05) is 21.3 Å². The summed E-state index contributed by atoms with van der Waals surface area (Å²) in [6.07, 6.45) is 1.31. The molecule has 0 fully saturated rings. The van der Waals surface area contributed by atoms with Crippen molar-refractivity contribution < 1.29 is 9.47 Å². The van der Waals surface area contributed by atoms with Crippen LogP contribution in [0.3, 0.4) is 0 Å². The summed E-state index contributed by atoms with van der Waals surface area (Å²) in [5, 5.41) is 11.9. The van der Waals surface area contributed by atoms with Crippen molar-refractivity contribution in [3.05, 3.63) is 23.3 Å². The van der Waals surface area contributed by atoms with Crippen LogP contribution in [0, 0.1) is 18.3 Å². The van der Waals surface area contributed by atoms with Crippen LogP contribution in [0.4, 0.5) is 0 Å². The molecule has 4 nitrogen and oxygen atoms in total. The van der Waals surface area contributed by atoms with Crippen LogP contribution in [-0.2, 0) is 0 Å². The molecule has 0 aliphatic heterocycles. The highest BCUT2D eigenvalue weighted by Gasteiger charge is 2.15. The van der Waals surface area contributed by atoms with Gasteiger partial charge in [0.2, 0.25) is 0 Å². The van der Waals surface area contributed by atoms with E-state index in [0.29, 0.717) is 6.42 Å². The number of methoxy groups -OCH3 is 2. The predicted molar refractivity (Wildman–Crippen MR) is 70.9 cm³/mol. The lowest BCUT2D eigenvalue weighted by atomic mass is 9.97. The molecule has 0 saturated carbocycles. The van der Waals surface area contributed by atoms with E-state index in [2.05, 4.69) is 11.4 Å². The van der Waals surface area contributed by atoms with Crippen molar-refractivity contribution in [3.63, 3.8) is 0 Å². The zero-order valence-electron chi connectivity index (χ0n) is 11.4. The molecule has 4 heteroatoms. The zero-order valence-corrected chi connectivity index (χ0v) is 11.4. The van der Waals surface area contributed by atoms with Gasteiger partial charge in [-0.25, -0.2) is 0 Å². The molecule has 18 heavy (non-hydrogen) atoms. The van der Waals surface area contributed by atoms with Gasteiger partial charge in [-0.05, 0) is 43.7 Å². The van der Waals surface area contributed by atoms with Crippen molar-refractivity contribution in [2.45, 2.75) is 25.8 Å². The van der Waals surface area contributed by atoms with Crippen LogP contribution >= 0.6 is 0 Å². The van der Waals surface area contributed by atoms with Crippen LogP contribution in [0.5, 0.6) is 11.5 Å². The average molecular weight is 248 g/mol. The third kappa shape index (κ3) is 3.14. The Bertz CT molecular complexity index is 438. The number of hydrogen-bond acceptors (Lipinski definition) is 4. The number of nitriles is 1. The lowest BCUT2D eigenvalue weighted by molar-refractivity contribution is 0.353. The van der Waals surface area contributed by atoms with Gasteiger partial charge in [-0.3, -0.25) is 0 Å². The molecule has 0 heterocycles. The van der Waals surface area contributed by atoms with Crippen LogP contribution in [0.25, 0.3) is 0 Å². The van der Waals surface area contributed by atoms with E-state index < -0.39 is 0 Å². The van der Waals surface area contributed by atoms with Crippen molar-refractivity contribution in [2.24, 2.45) is 0 Å². The second-order valence-electron chi connectivity index (χ2n) is 4.10. The van der Waals surface area contributed by atoms with Crippen LogP contribution in [0.2, 0.25) is 0 Å². The maximum Gasteiger partial charge on any atom is 0.161 e. The fraction of sp³-hybridized carbons (Fsp3) is 0.500. The Morgan fingerprint density at radius 1 is 1.28 bits per heavy atom. The Balaban J connectivity index is 3.10. The van der Waals surface area contributed by atoms with Crippen LogP contribution < -0.4 is 14.8 Å². The number of ether oxygens (including phenoxy) is 2. The first-order chi connectivity index (χ1) is 8.67. The van der Waals surface area contributed by atoms with E-state index in [0.717, 1.165) is 29.0 Å². The van der Waals surface area contributed by atoms with E-state index in [1.54, 1.807) is 14.2 Å².